The van der Waals surface area contributed by atoms with Crippen LogP contribution in [0.15, 0.2) is 4.52 Å². The predicted molar refractivity (Wildman–Crippen MR) is 56.4 cm³/mol. The number of nitrogens with zero attached hydrogens (tertiary/aromatic N) is 3. The Labute approximate surface area is 89.8 Å². The number of nitrogens with one attached hydrogen (secondary N) is 1. The molecule has 0 saturated carbocycles. The lowest BCUT2D eigenvalue weighted by atomic mass is 10.1. The van der Waals surface area contributed by atoms with Gasteiger partial charge in [-0.25, -0.2) is 0 Å². The molecule has 1 aliphatic heterocycles. The van der Waals surface area contributed by atoms with E-state index in [0.29, 0.717) is 11.9 Å². The molecule has 1 aromatic heterocycles. The smallest absolute Gasteiger partial charge is 0.223 e. The highest BCUT2D eigenvalue weighted by Gasteiger charge is 2.18. The van der Waals surface area contributed by atoms with Crippen molar-refractivity contribution in [3.8, 4) is 0 Å². The van der Waals surface area contributed by atoms with Crippen molar-refractivity contribution in [2.45, 2.75) is 32.4 Å². The molecule has 1 aliphatic rings. The van der Waals surface area contributed by atoms with Crippen LogP contribution in [0.5, 0.6) is 0 Å². The lowest BCUT2D eigenvalue weighted by Gasteiger charge is -2.30. The fourth-order valence-electron chi connectivity index (χ4n) is 1.99. The van der Waals surface area contributed by atoms with Crippen LogP contribution in [0.25, 0.3) is 0 Å². The first-order chi connectivity index (χ1) is 7.28. The molecule has 5 nitrogen and oxygen atoms in total. The number of aromatic nitrogens is 2. The summed E-state index contributed by atoms with van der Waals surface area (Å²) in [5.41, 5.74) is 0. The van der Waals surface area contributed by atoms with Gasteiger partial charge in [0.25, 0.3) is 0 Å². The molecule has 0 aromatic carbocycles. The van der Waals surface area contributed by atoms with Gasteiger partial charge in [-0.05, 0) is 19.9 Å². The van der Waals surface area contributed by atoms with Crippen LogP contribution in [0.3, 0.4) is 0 Å². The molecule has 84 valence electrons. The summed E-state index contributed by atoms with van der Waals surface area (Å²) >= 11 is 0. The highest BCUT2D eigenvalue weighted by atomic mass is 16.5. The molecule has 1 N–H and O–H groups in total. The summed E-state index contributed by atoms with van der Waals surface area (Å²) in [5.74, 6) is 1.45. The highest BCUT2D eigenvalue weighted by Crippen LogP contribution is 2.12. The van der Waals surface area contributed by atoms with Gasteiger partial charge in [-0.15, -0.1) is 0 Å². The van der Waals surface area contributed by atoms with E-state index in [2.05, 4.69) is 20.4 Å². The lowest BCUT2D eigenvalue weighted by molar-refractivity contribution is 0.188. The van der Waals surface area contributed by atoms with E-state index in [1.807, 2.05) is 14.0 Å². The maximum atomic E-state index is 4.95. The van der Waals surface area contributed by atoms with Crippen molar-refractivity contribution >= 4 is 0 Å². The number of rotatable bonds is 3. The number of aryl methyl sites for hydroxylation is 1. The zero-order valence-electron chi connectivity index (χ0n) is 9.36. The molecule has 0 amide bonds. The van der Waals surface area contributed by atoms with Gasteiger partial charge in [-0.1, -0.05) is 5.16 Å². The van der Waals surface area contributed by atoms with Crippen LogP contribution in [-0.4, -0.2) is 41.2 Å². The maximum absolute atomic E-state index is 4.95. The zero-order valence-corrected chi connectivity index (χ0v) is 9.36. The van der Waals surface area contributed by atoms with Gasteiger partial charge in [-0.2, -0.15) is 4.98 Å². The number of likely N-dealkylation sites (tertiary alicyclic amines) is 1. The van der Waals surface area contributed by atoms with E-state index < -0.39 is 0 Å². The van der Waals surface area contributed by atoms with Crippen molar-refractivity contribution in [3.63, 3.8) is 0 Å². The summed E-state index contributed by atoms with van der Waals surface area (Å²) in [7, 11) is 2.03. The van der Waals surface area contributed by atoms with Gasteiger partial charge in [0.2, 0.25) is 5.89 Å². The fraction of sp³-hybridized carbons (Fsp3) is 0.800. The monoisotopic (exact) mass is 210 g/mol. The average molecular weight is 210 g/mol. The molecular weight excluding hydrogens is 192 g/mol. The second-order valence-electron chi connectivity index (χ2n) is 4.07. The summed E-state index contributed by atoms with van der Waals surface area (Å²) in [6.45, 7) is 4.86. The SMILES string of the molecule is CNC1CCN(Cc2noc(C)n2)CC1. The summed E-state index contributed by atoms with van der Waals surface area (Å²) in [6, 6.07) is 0.674. The van der Waals surface area contributed by atoms with E-state index in [-0.39, 0.29) is 0 Å². The van der Waals surface area contributed by atoms with E-state index >= 15 is 0 Å². The topological polar surface area (TPSA) is 54.2 Å². The summed E-state index contributed by atoms with van der Waals surface area (Å²) < 4.78 is 4.95. The van der Waals surface area contributed by atoms with Crippen LogP contribution in [0.2, 0.25) is 0 Å². The second kappa shape index (κ2) is 4.72. The van der Waals surface area contributed by atoms with Crippen molar-refractivity contribution in [2.24, 2.45) is 0 Å². The van der Waals surface area contributed by atoms with Crippen LogP contribution in [0, 0.1) is 6.92 Å². The minimum atomic E-state index is 0.648. The minimum Gasteiger partial charge on any atom is -0.340 e. The molecule has 1 fully saturated rings. The summed E-state index contributed by atoms with van der Waals surface area (Å²) in [6.07, 6.45) is 2.40. The van der Waals surface area contributed by atoms with Gasteiger partial charge >= 0.3 is 0 Å². The molecule has 0 spiro atoms. The second-order valence-corrected chi connectivity index (χ2v) is 4.07. The van der Waals surface area contributed by atoms with E-state index in [0.717, 1.165) is 25.5 Å². The zero-order chi connectivity index (χ0) is 10.7. The summed E-state index contributed by atoms with van der Waals surface area (Å²) in [5, 5.41) is 7.22. The normalized spacial score (nSPS) is 19.6. The Morgan fingerprint density at radius 2 is 2.20 bits per heavy atom. The molecule has 0 bridgehead atoms. The van der Waals surface area contributed by atoms with E-state index in [1.165, 1.54) is 12.8 Å². The molecule has 2 heterocycles. The third-order valence-electron chi connectivity index (χ3n) is 2.93. The Hall–Kier alpha value is -0.940. The molecule has 1 aromatic rings. The van der Waals surface area contributed by atoms with Crippen LogP contribution in [0.4, 0.5) is 0 Å². The first kappa shape index (κ1) is 10.6. The molecule has 1 saturated heterocycles. The number of hydrogen-bond donors (Lipinski definition) is 1. The molecule has 15 heavy (non-hydrogen) atoms. The Morgan fingerprint density at radius 3 is 2.73 bits per heavy atom. The van der Waals surface area contributed by atoms with Gasteiger partial charge in [0, 0.05) is 26.1 Å². The first-order valence-electron chi connectivity index (χ1n) is 5.46. The van der Waals surface area contributed by atoms with E-state index in [4.69, 9.17) is 4.52 Å². The van der Waals surface area contributed by atoms with Crippen LogP contribution >= 0.6 is 0 Å². The number of piperidine rings is 1. The molecular formula is C10H18N4O. The minimum absolute atomic E-state index is 0.648. The Bertz CT molecular complexity index is 304. The van der Waals surface area contributed by atoms with Gasteiger partial charge in [0.05, 0.1) is 6.54 Å². The lowest BCUT2D eigenvalue weighted by Crippen LogP contribution is -2.40. The largest absolute Gasteiger partial charge is 0.340 e. The number of hydrogen-bond acceptors (Lipinski definition) is 5. The van der Waals surface area contributed by atoms with Gasteiger partial charge in [0.1, 0.15) is 0 Å². The highest BCUT2D eigenvalue weighted by molar-refractivity contribution is 4.86. The van der Waals surface area contributed by atoms with Crippen molar-refractivity contribution in [1.29, 1.82) is 0 Å². The van der Waals surface area contributed by atoms with Gasteiger partial charge in [0.15, 0.2) is 5.82 Å². The van der Waals surface area contributed by atoms with E-state index in [1.54, 1.807) is 0 Å². The quantitative estimate of drug-likeness (QED) is 0.790. The molecule has 0 radical (unpaired) electrons. The molecule has 0 unspecified atom stereocenters. The standard InChI is InChI=1S/C10H18N4O/c1-8-12-10(13-15-8)7-14-5-3-9(11-2)4-6-14/h9,11H,3-7H2,1-2H3. The molecule has 0 aliphatic carbocycles. The van der Waals surface area contributed by atoms with Crippen molar-refractivity contribution in [2.75, 3.05) is 20.1 Å². The fourth-order valence-corrected chi connectivity index (χ4v) is 1.99. The Balaban J connectivity index is 1.82. The average Bonchev–Trinajstić information content (AvgIpc) is 2.65. The van der Waals surface area contributed by atoms with Crippen LogP contribution < -0.4 is 5.32 Å². The molecule has 0 atom stereocenters. The van der Waals surface area contributed by atoms with Crippen LogP contribution in [-0.2, 0) is 6.54 Å². The third kappa shape index (κ3) is 2.76. The van der Waals surface area contributed by atoms with Crippen molar-refractivity contribution in [1.82, 2.24) is 20.4 Å². The third-order valence-corrected chi connectivity index (χ3v) is 2.93. The molecule has 2 rings (SSSR count). The maximum Gasteiger partial charge on any atom is 0.223 e. The Kier molecular flexibility index (Phi) is 3.33. The van der Waals surface area contributed by atoms with Gasteiger partial charge < -0.3 is 9.84 Å². The van der Waals surface area contributed by atoms with Crippen molar-refractivity contribution in [3.05, 3.63) is 11.7 Å². The Morgan fingerprint density at radius 1 is 1.47 bits per heavy atom. The summed E-state index contributed by atoms with van der Waals surface area (Å²) in [4.78, 5) is 6.58. The van der Waals surface area contributed by atoms with Crippen LogP contribution in [0.1, 0.15) is 24.6 Å². The molecule has 5 heteroatoms. The van der Waals surface area contributed by atoms with Crippen molar-refractivity contribution < 1.29 is 4.52 Å². The van der Waals surface area contributed by atoms with E-state index in [9.17, 15) is 0 Å². The predicted octanol–water partition coefficient (Wildman–Crippen LogP) is 0.562. The van der Waals surface area contributed by atoms with Gasteiger partial charge in [-0.3, -0.25) is 4.90 Å². The first-order valence-corrected chi connectivity index (χ1v) is 5.46.